The van der Waals surface area contributed by atoms with E-state index in [1.54, 1.807) is 0 Å². The Kier molecular flexibility index (Phi) is 4.94. The summed E-state index contributed by atoms with van der Waals surface area (Å²) >= 11 is 0. The predicted octanol–water partition coefficient (Wildman–Crippen LogP) is 1.94. The number of nitrogen functional groups attached to an aromatic ring is 1. The van der Waals surface area contributed by atoms with Crippen LogP contribution in [0.4, 0.5) is 11.9 Å². The molecule has 1 aliphatic carbocycles. The first-order valence-electron chi connectivity index (χ1n) is 7.24. The Morgan fingerprint density at radius 3 is 2.55 bits per heavy atom. The van der Waals surface area contributed by atoms with E-state index in [9.17, 15) is 0 Å². The minimum atomic E-state index is 0.300. The molecule has 0 saturated heterocycles. The van der Waals surface area contributed by atoms with Crippen LogP contribution in [0.2, 0.25) is 0 Å². The van der Waals surface area contributed by atoms with Crippen LogP contribution >= 0.6 is 0 Å². The van der Waals surface area contributed by atoms with E-state index in [0.29, 0.717) is 29.9 Å². The highest BCUT2D eigenvalue weighted by Gasteiger charge is 2.28. The maximum Gasteiger partial charge on any atom is 0.323 e. The van der Waals surface area contributed by atoms with Gasteiger partial charge in [0.1, 0.15) is 0 Å². The summed E-state index contributed by atoms with van der Waals surface area (Å²) in [5.41, 5.74) is 2.77. The fourth-order valence-corrected chi connectivity index (χ4v) is 2.46. The van der Waals surface area contributed by atoms with E-state index in [4.69, 9.17) is 10.6 Å². The monoisotopic (exact) mass is 280 g/mol. The molecular formula is C13H24N6O. The Morgan fingerprint density at radius 2 is 1.90 bits per heavy atom. The Morgan fingerprint density at radius 1 is 1.20 bits per heavy atom. The largest absolute Gasteiger partial charge is 0.463 e. The zero-order chi connectivity index (χ0) is 14.4. The van der Waals surface area contributed by atoms with Crippen LogP contribution in [0.15, 0.2) is 0 Å². The summed E-state index contributed by atoms with van der Waals surface area (Å²) < 4.78 is 5.44. The molecule has 1 fully saturated rings. The molecule has 1 aromatic rings. The molecule has 0 aromatic carbocycles. The second-order valence-corrected chi connectivity index (χ2v) is 5.63. The second kappa shape index (κ2) is 6.69. The Bertz CT molecular complexity index is 433. The Labute approximate surface area is 119 Å². The highest BCUT2D eigenvalue weighted by Crippen LogP contribution is 2.37. The lowest BCUT2D eigenvalue weighted by Crippen LogP contribution is -2.24. The van der Waals surface area contributed by atoms with Crippen LogP contribution in [0.5, 0.6) is 6.01 Å². The fourth-order valence-electron chi connectivity index (χ4n) is 2.46. The Hall–Kier alpha value is -1.63. The number of aromatic nitrogens is 3. The number of hydrogen-bond acceptors (Lipinski definition) is 7. The summed E-state index contributed by atoms with van der Waals surface area (Å²) in [6, 6.07) is 0.300. The summed E-state index contributed by atoms with van der Waals surface area (Å²) in [6.07, 6.45) is 5.99. The van der Waals surface area contributed by atoms with E-state index < -0.39 is 0 Å². The van der Waals surface area contributed by atoms with Crippen molar-refractivity contribution in [3.8, 4) is 6.01 Å². The summed E-state index contributed by atoms with van der Waals surface area (Å²) in [4.78, 5) is 12.5. The molecule has 1 heterocycles. The molecule has 0 bridgehead atoms. The molecular weight excluding hydrogens is 256 g/mol. The molecule has 1 aliphatic rings. The molecule has 1 saturated carbocycles. The van der Waals surface area contributed by atoms with Gasteiger partial charge in [0, 0.05) is 6.54 Å². The van der Waals surface area contributed by atoms with Crippen molar-refractivity contribution >= 4 is 11.9 Å². The predicted molar refractivity (Wildman–Crippen MR) is 78.5 cm³/mol. The third-order valence-corrected chi connectivity index (χ3v) is 3.66. The van der Waals surface area contributed by atoms with Crippen LogP contribution in [0.1, 0.15) is 46.0 Å². The van der Waals surface area contributed by atoms with E-state index in [1.165, 1.54) is 25.7 Å². The maximum absolute atomic E-state index is 5.44. The lowest BCUT2D eigenvalue weighted by Gasteiger charge is -2.23. The molecule has 7 heteroatoms. The maximum atomic E-state index is 5.44. The topological polar surface area (TPSA) is 98.0 Å². The van der Waals surface area contributed by atoms with Gasteiger partial charge in [-0.05, 0) is 24.7 Å². The van der Waals surface area contributed by atoms with Crippen LogP contribution in [0.3, 0.4) is 0 Å². The van der Waals surface area contributed by atoms with Crippen molar-refractivity contribution in [3.63, 3.8) is 0 Å². The van der Waals surface area contributed by atoms with Crippen LogP contribution in [0, 0.1) is 5.41 Å². The van der Waals surface area contributed by atoms with Crippen LogP contribution in [0.25, 0.3) is 0 Å². The molecule has 1 aromatic heterocycles. The molecule has 2 rings (SSSR count). The van der Waals surface area contributed by atoms with E-state index in [2.05, 4.69) is 32.6 Å². The van der Waals surface area contributed by atoms with Gasteiger partial charge in [0.2, 0.25) is 11.9 Å². The van der Waals surface area contributed by atoms with E-state index in [1.807, 2.05) is 6.92 Å². The van der Waals surface area contributed by atoms with Crippen molar-refractivity contribution in [2.24, 2.45) is 11.3 Å². The second-order valence-electron chi connectivity index (χ2n) is 5.63. The van der Waals surface area contributed by atoms with E-state index in [0.717, 1.165) is 13.0 Å². The van der Waals surface area contributed by atoms with Gasteiger partial charge in [-0.3, -0.25) is 5.43 Å². The quantitative estimate of drug-likeness (QED) is 0.518. The SMILES string of the molecule is CCCOc1nc(NN)nc(NCC2(C)CCCC2)n1. The first-order valence-corrected chi connectivity index (χ1v) is 7.24. The lowest BCUT2D eigenvalue weighted by molar-refractivity contribution is 0.292. The highest BCUT2D eigenvalue weighted by molar-refractivity contribution is 5.35. The standard InChI is InChI=1S/C13H24N6O/c1-3-8-20-12-17-10(16-11(18-12)19-14)15-9-13(2)6-4-5-7-13/h3-9,14H2,1-2H3,(H2,15,16,17,18,19). The van der Waals surface area contributed by atoms with Crippen LogP contribution < -0.4 is 21.3 Å². The van der Waals surface area contributed by atoms with Crippen molar-refractivity contribution in [2.45, 2.75) is 46.0 Å². The first-order chi connectivity index (χ1) is 9.65. The molecule has 4 N–H and O–H groups in total. The molecule has 0 aliphatic heterocycles. The van der Waals surface area contributed by atoms with Gasteiger partial charge in [0.25, 0.3) is 0 Å². The van der Waals surface area contributed by atoms with Crippen molar-refractivity contribution in [1.29, 1.82) is 0 Å². The molecule has 20 heavy (non-hydrogen) atoms. The van der Waals surface area contributed by atoms with Gasteiger partial charge in [-0.15, -0.1) is 0 Å². The molecule has 0 atom stereocenters. The lowest BCUT2D eigenvalue weighted by atomic mass is 9.89. The van der Waals surface area contributed by atoms with Gasteiger partial charge in [-0.25, -0.2) is 5.84 Å². The molecule has 0 spiro atoms. The van der Waals surface area contributed by atoms with Crippen LogP contribution in [-0.4, -0.2) is 28.1 Å². The number of rotatable bonds is 7. The van der Waals surface area contributed by atoms with Gasteiger partial charge < -0.3 is 10.1 Å². The van der Waals surface area contributed by atoms with Crippen molar-refractivity contribution in [1.82, 2.24) is 15.0 Å². The molecule has 7 nitrogen and oxygen atoms in total. The van der Waals surface area contributed by atoms with Crippen molar-refractivity contribution in [2.75, 3.05) is 23.9 Å². The van der Waals surface area contributed by atoms with Crippen LogP contribution in [-0.2, 0) is 0 Å². The Balaban J connectivity index is 2.01. The molecule has 112 valence electrons. The molecule has 0 unspecified atom stereocenters. The number of hydrogen-bond donors (Lipinski definition) is 3. The highest BCUT2D eigenvalue weighted by atomic mass is 16.5. The van der Waals surface area contributed by atoms with Gasteiger partial charge in [-0.1, -0.05) is 26.7 Å². The number of ether oxygens (including phenoxy) is 1. The number of nitrogens with zero attached hydrogens (tertiary/aromatic N) is 3. The normalized spacial score (nSPS) is 16.9. The summed E-state index contributed by atoms with van der Waals surface area (Å²) in [5, 5.41) is 3.28. The minimum Gasteiger partial charge on any atom is -0.463 e. The first kappa shape index (κ1) is 14.8. The number of nitrogens with one attached hydrogen (secondary N) is 2. The summed E-state index contributed by atoms with van der Waals surface area (Å²) in [5.74, 6) is 6.19. The summed E-state index contributed by atoms with van der Waals surface area (Å²) in [7, 11) is 0. The smallest absolute Gasteiger partial charge is 0.323 e. The van der Waals surface area contributed by atoms with Crippen molar-refractivity contribution in [3.05, 3.63) is 0 Å². The van der Waals surface area contributed by atoms with E-state index in [-0.39, 0.29) is 0 Å². The third kappa shape index (κ3) is 3.93. The van der Waals surface area contributed by atoms with Gasteiger partial charge in [0.05, 0.1) is 6.61 Å². The zero-order valence-corrected chi connectivity index (χ0v) is 12.3. The number of hydrazine groups is 1. The molecule has 0 amide bonds. The average molecular weight is 280 g/mol. The summed E-state index contributed by atoms with van der Waals surface area (Å²) in [6.45, 7) is 5.76. The number of nitrogens with two attached hydrogens (primary N) is 1. The third-order valence-electron chi connectivity index (χ3n) is 3.66. The van der Waals surface area contributed by atoms with Gasteiger partial charge in [-0.2, -0.15) is 15.0 Å². The average Bonchev–Trinajstić information content (AvgIpc) is 2.90. The minimum absolute atomic E-state index is 0.300. The van der Waals surface area contributed by atoms with Gasteiger partial charge in [0.15, 0.2) is 0 Å². The van der Waals surface area contributed by atoms with Crippen molar-refractivity contribution < 1.29 is 4.74 Å². The fraction of sp³-hybridized carbons (Fsp3) is 0.769. The van der Waals surface area contributed by atoms with Gasteiger partial charge >= 0.3 is 6.01 Å². The van der Waals surface area contributed by atoms with E-state index >= 15 is 0 Å². The zero-order valence-electron chi connectivity index (χ0n) is 12.3. The molecule has 0 radical (unpaired) electrons. The number of anilines is 2.